The van der Waals surface area contributed by atoms with E-state index in [2.05, 4.69) is 24.1 Å². The summed E-state index contributed by atoms with van der Waals surface area (Å²) in [4.78, 5) is 24.2. The fourth-order valence-corrected chi connectivity index (χ4v) is 1.80. The molecule has 5 heteroatoms. The van der Waals surface area contributed by atoms with Gasteiger partial charge in [-0.3, -0.25) is 14.5 Å². The van der Waals surface area contributed by atoms with Gasteiger partial charge >= 0.3 is 5.97 Å². The number of para-hydroxylation sites is 1. The number of nitrogens with one attached hydrogen (secondary N) is 1. The van der Waals surface area contributed by atoms with Gasteiger partial charge in [0.25, 0.3) is 0 Å². The van der Waals surface area contributed by atoms with Gasteiger partial charge < -0.3 is 10.4 Å². The van der Waals surface area contributed by atoms with E-state index in [0.717, 1.165) is 25.2 Å². The SMILES string of the molecule is CCN(CC)Cc1ccccc1NC(=O)CC(=O)O. The van der Waals surface area contributed by atoms with Gasteiger partial charge in [0.05, 0.1) is 0 Å². The molecule has 0 aromatic heterocycles. The van der Waals surface area contributed by atoms with Crippen LogP contribution in [0.5, 0.6) is 0 Å². The summed E-state index contributed by atoms with van der Waals surface area (Å²) >= 11 is 0. The molecule has 2 N–H and O–H groups in total. The average Bonchev–Trinajstić information content (AvgIpc) is 2.36. The summed E-state index contributed by atoms with van der Waals surface area (Å²) in [6, 6.07) is 7.46. The molecule has 1 aromatic rings. The van der Waals surface area contributed by atoms with Crippen LogP contribution in [0.25, 0.3) is 0 Å². The third-order valence-electron chi connectivity index (χ3n) is 2.89. The Morgan fingerprint density at radius 3 is 2.42 bits per heavy atom. The lowest BCUT2D eigenvalue weighted by molar-refractivity contribution is -0.139. The van der Waals surface area contributed by atoms with E-state index in [-0.39, 0.29) is 0 Å². The van der Waals surface area contributed by atoms with Gasteiger partial charge in [-0.25, -0.2) is 0 Å². The Labute approximate surface area is 113 Å². The number of benzene rings is 1. The highest BCUT2D eigenvalue weighted by Crippen LogP contribution is 2.17. The maximum atomic E-state index is 11.5. The van der Waals surface area contributed by atoms with Crippen LogP contribution >= 0.6 is 0 Å². The molecule has 19 heavy (non-hydrogen) atoms. The normalized spacial score (nSPS) is 10.5. The Morgan fingerprint density at radius 2 is 1.84 bits per heavy atom. The molecule has 0 aliphatic heterocycles. The molecule has 0 unspecified atom stereocenters. The van der Waals surface area contributed by atoms with Gasteiger partial charge in [0, 0.05) is 12.2 Å². The van der Waals surface area contributed by atoms with Crippen molar-refractivity contribution >= 4 is 17.6 Å². The number of carboxylic acids is 1. The fraction of sp³-hybridized carbons (Fsp3) is 0.429. The second-order valence-corrected chi connectivity index (χ2v) is 4.24. The van der Waals surface area contributed by atoms with Crippen LogP contribution in [-0.2, 0) is 16.1 Å². The Balaban J connectivity index is 2.78. The first-order chi connectivity index (χ1) is 9.06. The summed E-state index contributed by atoms with van der Waals surface area (Å²) in [6.07, 6.45) is -0.514. The highest BCUT2D eigenvalue weighted by Gasteiger charge is 2.11. The summed E-state index contributed by atoms with van der Waals surface area (Å²) in [6.45, 7) is 6.74. The molecular weight excluding hydrogens is 244 g/mol. The number of carbonyl (C=O) groups is 2. The topological polar surface area (TPSA) is 69.6 Å². The van der Waals surface area contributed by atoms with Crippen molar-refractivity contribution in [3.05, 3.63) is 29.8 Å². The van der Waals surface area contributed by atoms with E-state index in [1.54, 1.807) is 6.07 Å². The van der Waals surface area contributed by atoms with Crippen molar-refractivity contribution in [2.45, 2.75) is 26.8 Å². The lowest BCUT2D eigenvalue weighted by Gasteiger charge is -2.20. The van der Waals surface area contributed by atoms with Crippen molar-refractivity contribution in [3.8, 4) is 0 Å². The maximum absolute atomic E-state index is 11.5. The first-order valence-corrected chi connectivity index (χ1v) is 6.38. The number of nitrogens with zero attached hydrogens (tertiary/aromatic N) is 1. The highest BCUT2D eigenvalue weighted by molar-refractivity contribution is 6.01. The number of hydrogen-bond acceptors (Lipinski definition) is 3. The number of carboxylic acid groups (broad SMARTS) is 1. The van der Waals surface area contributed by atoms with Crippen molar-refractivity contribution in [1.29, 1.82) is 0 Å². The first-order valence-electron chi connectivity index (χ1n) is 6.38. The van der Waals surface area contributed by atoms with Crippen LogP contribution < -0.4 is 5.32 Å². The summed E-state index contributed by atoms with van der Waals surface area (Å²) in [7, 11) is 0. The van der Waals surface area contributed by atoms with E-state index in [1.165, 1.54) is 0 Å². The zero-order chi connectivity index (χ0) is 14.3. The molecule has 0 atom stereocenters. The summed E-state index contributed by atoms with van der Waals surface area (Å²) in [5.74, 6) is -1.63. The number of amides is 1. The lowest BCUT2D eigenvalue weighted by Crippen LogP contribution is -2.23. The smallest absolute Gasteiger partial charge is 0.312 e. The number of anilines is 1. The molecule has 0 radical (unpaired) electrons. The monoisotopic (exact) mass is 264 g/mol. The molecule has 0 aliphatic rings. The molecule has 0 bridgehead atoms. The molecule has 104 valence electrons. The molecule has 0 heterocycles. The minimum atomic E-state index is -1.13. The van der Waals surface area contributed by atoms with Gasteiger partial charge in [-0.05, 0) is 24.7 Å². The van der Waals surface area contributed by atoms with E-state index < -0.39 is 18.3 Å². The molecule has 1 amide bonds. The van der Waals surface area contributed by atoms with E-state index in [4.69, 9.17) is 5.11 Å². The zero-order valence-electron chi connectivity index (χ0n) is 11.3. The predicted molar refractivity (Wildman–Crippen MR) is 73.9 cm³/mol. The quantitative estimate of drug-likeness (QED) is 0.738. The molecule has 0 fully saturated rings. The minimum Gasteiger partial charge on any atom is -0.481 e. The third kappa shape index (κ3) is 5.09. The number of rotatable bonds is 7. The van der Waals surface area contributed by atoms with Gasteiger partial charge in [-0.15, -0.1) is 0 Å². The summed E-state index contributed by atoms with van der Waals surface area (Å²) in [5, 5.41) is 11.2. The Kier molecular flexibility index (Phi) is 6.02. The van der Waals surface area contributed by atoms with Gasteiger partial charge in [0.15, 0.2) is 0 Å². The first kappa shape index (κ1) is 15.2. The Bertz CT molecular complexity index is 442. The molecular formula is C14H20N2O3. The number of hydrogen-bond donors (Lipinski definition) is 2. The Hall–Kier alpha value is -1.88. The minimum absolute atomic E-state index is 0.500. The molecule has 0 saturated carbocycles. The van der Waals surface area contributed by atoms with E-state index >= 15 is 0 Å². The summed E-state index contributed by atoms with van der Waals surface area (Å²) in [5.41, 5.74) is 1.67. The van der Waals surface area contributed by atoms with Crippen LogP contribution in [0.4, 0.5) is 5.69 Å². The van der Waals surface area contributed by atoms with Crippen LogP contribution in [0, 0.1) is 0 Å². The average molecular weight is 264 g/mol. The third-order valence-corrected chi connectivity index (χ3v) is 2.89. The summed E-state index contributed by atoms with van der Waals surface area (Å²) < 4.78 is 0. The van der Waals surface area contributed by atoms with E-state index in [1.807, 2.05) is 18.2 Å². The molecule has 1 rings (SSSR count). The standard InChI is InChI=1S/C14H20N2O3/c1-3-16(4-2)10-11-7-5-6-8-12(11)15-13(17)9-14(18)19/h5-8H,3-4,9-10H2,1-2H3,(H,15,17)(H,18,19). The predicted octanol–water partition coefficient (Wildman–Crippen LogP) is 1.94. The lowest BCUT2D eigenvalue weighted by atomic mass is 10.1. The molecule has 0 aliphatic carbocycles. The number of carbonyl (C=O) groups excluding carboxylic acids is 1. The zero-order valence-corrected chi connectivity index (χ0v) is 11.3. The van der Waals surface area contributed by atoms with Gasteiger partial charge in [0.2, 0.25) is 5.91 Å². The molecule has 0 saturated heterocycles. The van der Waals surface area contributed by atoms with Crippen molar-refractivity contribution in [2.75, 3.05) is 18.4 Å². The van der Waals surface area contributed by atoms with Gasteiger partial charge in [-0.1, -0.05) is 32.0 Å². The van der Waals surface area contributed by atoms with Crippen molar-refractivity contribution in [1.82, 2.24) is 4.90 Å². The second-order valence-electron chi connectivity index (χ2n) is 4.24. The largest absolute Gasteiger partial charge is 0.481 e. The molecule has 5 nitrogen and oxygen atoms in total. The Morgan fingerprint density at radius 1 is 1.21 bits per heavy atom. The molecule has 1 aromatic carbocycles. The van der Waals surface area contributed by atoms with Crippen molar-refractivity contribution in [2.24, 2.45) is 0 Å². The number of aliphatic carboxylic acids is 1. The van der Waals surface area contributed by atoms with Gasteiger partial charge in [-0.2, -0.15) is 0 Å². The van der Waals surface area contributed by atoms with Crippen LogP contribution in [0.15, 0.2) is 24.3 Å². The molecule has 0 spiro atoms. The van der Waals surface area contributed by atoms with Crippen LogP contribution in [0.2, 0.25) is 0 Å². The fourth-order valence-electron chi connectivity index (χ4n) is 1.80. The van der Waals surface area contributed by atoms with Crippen LogP contribution in [0.3, 0.4) is 0 Å². The van der Waals surface area contributed by atoms with Crippen molar-refractivity contribution in [3.63, 3.8) is 0 Å². The van der Waals surface area contributed by atoms with Crippen LogP contribution in [-0.4, -0.2) is 35.0 Å². The van der Waals surface area contributed by atoms with Crippen LogP contribution in [0.1, 0.15) is 25.8 Å². The van der Waals surface area contributed by atoms with E-state index in [9.17, 15) is 9.59 Å². The maximum Gasteiger partial charge on any atom is 0.312 e. The van der Waals surface area contributed by atoms with Crippen molar-refractivity contribution < 1.29 is 14.7 Å². The van der Waals surface area contributed by atoms with E-state index in [0.29, 0.717) is 5.69 Å². The highest BCUT2D eigenvalue weighted by atomic mass is 16.4. The second kappa shape index (κ2) is 7.53. The van der Waals surface area contributed by atoms with Gasteiger partial charge in [0.1, 0.15) is 6.42 Å².